The first kappa shape index (κ1) is 13.9. The lowest BCUT2D eigenvalue weighted by atomic mass is 10.2. The summed E-state index contributed by atoms with van der Waals surface area (Å²) in [6.07, 6.45) is 0. The van der Waals surface area contributed by atoms with Crippen LogP contribution in [0.3, 0.4) is 0 Å². The lowest BCUT2D eigenvalue weighted by Crippen LogP contribution is -2.18. The zero-order chi connectivity index (χ0) is 12.8. The highest BCUT2D eigenvalue weighted by molar-refractivity contribution is 7.99. The molecular weight excluding hydrogens is 240 g/mol. The largest absolute Gasteiger partial charge is 0.396 e. The molecule has 1 rings (SSSR count). The van der Waals surface area contributed by atoms with Gasteiger partial charge in [0.1, 0.15) is 0 Å². The van der Waals surface area contributed by atoms with Gasteiger partial charge >= 0.3 is 0 Å². The molecule has 7 nitrogen and oxygen atoms in total. The Balaban J connectivity index is 2.80. The predicted octanol–water partition coefficient (Wildman–Crippen LogP) is -0.0563. The number of rotatable bonds is 6. The van der Waals surface area contributed by atoms with Crippen LogP contribution in [0.5, 0.6) is 0 Å². The second kappa shape index (κ2) is 6.58. The Morgan fingerprint density at radius 2 is 2.12 bits per heavy atom. The van der Waals surface area contributed by atoms with Crippen LogP contribution in [0, 0.1) is 5.92 Å². The van der Waals surface area contributed by atoms with Gasteiger partial charge in [-0.2, -0.15) is 15.0 Å². The fourth-order valence-corrected chi connectivity index (χ4v) is 1.78. The smallest absolute Gasteiger partial charge is 0.242 e. The zero-order valence-electron chi connectivity index (χ0n) is 10.2. The molecule has 17 heavy (non-hydrogen) atoms. The summed E-state index contributed by atoms with van der Waals surface area (Å²) in [6, 6.07) is 0. The van der Waals surface area contributed by atoms with E-state index in [1.54, 1.807) is 4.90 Å². The van der Waals surface area contributed by atoms with E-state index in [9.17, 15) is 0 Å². The number of thioether (sulfide) groups is 1. The molecule has 0 aromatic carbocycles. The average molecular weight is 258 g/mol. The molecule has 1 aromatic rings. The fourth-order valence-electron chi connectivity index (χ4n) is 0.944. The van der Waals surface area contributed by atoms with Crippen LogP contribution in [0.15, 0.2) is 5.16 Å². The monoisotopic (exact) mass is 258 g/mol. The van der Waals surface area contributed by atoms with Gasteiger partial charge in [-0.1, -0.05) is 18.7 Å². The molecule has 0 radical (unpaired) electrons. The van der Waals surface area contributed by atoms with Crippen molar-refractivity contribution in [3.63, 3.8) is 0 Å². The Kier molecular flexibility index (Phi) is 5.39. The molecule has 0 aliphatic carbocycles. The van der Waals surface area contributed by atoms with Crippen molar-refractivity contribution in [3.05, 3.63) is 0 Å². The number of nitrogen functional groups attached to an aromatic ring is 1. The van der Waals surface area contributed by atoms with Gasteiger partial charge in [-0.15, -0.1) is 0 Å². The molecule has 0 bridgehead atoms. The summed E-state index contributed by atoms with van der Waals surface area (Å²) in [5.74, 6) is 7.13. The van der Waals surface area contributed by atoms with E-state index in [2.05, 4.69) is 20.4 Å². The van der Waals surface area contributed by atoms with Gasteiger partial charge < -0.3 is 10.0 Å². The predicted molar refractivity (Wildman–Crippen MR) is 68.9 cm³/mol. The molecule has 96 valence electrons. The maximum absolute atomic E-state index is 8.95. The van der Waals surface area contributed by atoms with E-state index < -0.39 is 0 Å². The van der Waals surface area contributed by atoms with Gasteiger partial charge in [0.25, 0.3) is 0 Å². The van der Waals surface area contributed by atoms with Gasteiger partial charge in [0.05, 0.1) is 0 Å². The molecule has 0 saturated heterocycles. The molecule has 0 amide bonds. The highest BCUT2D eigenvalue weighted by Crippen LogP contribution is 2.19. The molecule has 0 spiro atoms. The Morgan fingerprint density at radius 3 is 2.65 bits per heavy atom. The lowest BCUT2D eigenvalue weighted by Gasteiger charge is -2.12. The topological polar surface area (TPSA) is 100 Å². The molecule has 1 unspecified atom stereocenters. The SMILES string of the molecule is CC(CO)CSc1nc(NN)nc(N(C)C)n1. The molecular formula is C9H18N6OS. The van der Waals surface area contributed by atoms with Crippen LogP contribution in [0.25, 0.3) is 0 Å². The number of anilines is 2. The number of nitrogens with one attached hydrogen (secondary N) is 1. The van der Waals surface area contributed by atoms with Crippen molar-refractivity contribution in [2.24, 2.45) is 11.8 Å². The quantitative estimate of drug-likeness (QED) is 0.371. The first-order chi connectivity index (χ1) is 8.06. The van der Waals surface area contributed by atoms with Gasteiger partial charge in [-0.3, -0.25) is 5.43 Å². The van der Waals surface area contributed by atoms with Crippen LogP contribution in [0.2, 0.25) is 0 Å². The summed E-state index contributed by atoms with van der Waals surface area (Å²) in [4.78, 5) is 14.3. The molecule has 1 heterocycles. The maximum Gasteiger partial charge on any atom is 0.242 e. The highest BCUT2D eigenvalue weighted by Gasteiger charge is 2.09. The van der Waals surface area contributed by atoms with Gasteiger partial charge in [-0.05, 0) is 5.92 Å². The molecule has 0 aliphatic rings. The Bertz CT molecular complexity index is 361. The minimum absolute atomic E-state index is 0.153. The number of hydrazine groups is 1. The number of aliphatic hydroxyl groups excluding tert-OH is 1. The van der Waals surface area contributed by atoms with Crippen LogP contribution in [0.4, 0.5) is 11.9 Å². The number of nitrogens with zero attached hydrogens (tertiary/aromatic N) is 4. The van der Waals surface area contributed by atoms with E-state index in [0.29, 0.717) is 17.1 Å². The lowest BCUT2D eigenvalue weighted by molar-refractivity contribution is 0.250. The Morgan fingerprint density at radius 1 is 1.41 bits per heavy atom. The third-order valence-corrected chi connectivity index (χ3v) is 3.12. The summed E-state index contributed by atoms with van der Waals surface area (Å²) in [5, 5.41) is 9.54. The Labute approximate surface area is 105 Å². The average Bonchev–Trinajstić information content (AvgIpc) is 2.35. The van der Waals surface area contributed by atoms with E-state index >= 15 is 0 Å². The van der Waals surface area contributed by atoms with Crippen molar-refractivity contribution in [2.75, 3.05) is 36.8 Å². The minimum Gasteiger partial charge on any atom is -0.396 e. The third kappa shape index (κ3) is 4.33. The van der Waals surface area contributed by atoms with Gasteiger partial charge in [0.2, 0.25) is 11.9 Å². The van der Waals surface area contributed by atoms with Gasteiger partial charge in [0, 0.05) is 26.5 Å². The zero-order valence-corrected chi connectivity index (χ0v) is 11.0. The van der Waals surface area contributed by atoms with Crippen LogP contribution < -0.4 is 16.2 Å². The van der Waals surface area contributed by atoms with Crippen LogP contribution in [0.1, 0.15) is 6.92 Å². The fraction of sp³-hybridized carbons (Fsp3) is 0.667. The summed E-state index contributed by atoms with van der Waals surface area (Å²) < 4.78 is 0. The van der Waals surface area contributed by atoms with E-state index in [1.165, 1.54) is 11.8 Å². The van der Waals surface area contributed by atoms with E-state index in [1.807, 2.05) is 21.0 Å². The normalized spacial score (nSPS) is 12.3. The number of aromatic nitrogens is 3. The molecule has 4 N–H and O–H groups in total. The van der Waals surface area contributed by atoms with Crippen molar-refractivity contribution >= 4 is 23.7 Å². The Hall–Kier alpha value is -1.12. The van der Waals surface area contributed by atoms with Crippen molar-refractivity contribution in [1.29, 1.82) is 0 Å². The second-order valence-electron chi connectivity index (χ2n) is 3.88. The van der Waals surface area contributed by atoms with Crippen LogP contribution in [-0.2, 0) is 0 Å². The van der Waals surface area contributed by atoms with Crippen LogP contribution >= 0.6 is 11.8 Å². The van der Waals surface area contributed by atoms with E-state index in [-0.39, 0.29) is 12.5 Å². The number of hydrogen-bond acceptors (Lipinski definition) is 8. The van der Waals surface area contributed by atoms with Gasteiger partial charge in [-0.25, -0.2) is 5.84 Å². The molecule has 0 fully saturated rings. The first-order valence-electron chi connectivity index (χ1n) is 5.20. The molecule has 1 atom stereocenters. The second-order valence-corrected chi connectivity index (χ2v) is 4.87. The third-order valence-electron chi connectivity index (χ3n) is 1.94. The highest BCUT2D eigenvalue weighted by atomic mass is 32.2. The van der Waals surface area contributed by atoms with E-state index in [4.69, 9.17) is 10.9 Å². The summed E-state index contributed by atoms with van der Waals surface area (Å²) >= 11 is 1.47. The molecule has 8 heteroatoms. The molecule has 0 aliphatic heterocycles. The summed E-state index contributed by atoms with van der Waals surface area (Å²) in [6.45, 7) is 2.11. The number of nitrogens with two attached hydrogens (primary N) is 1. The standard InChI is InChI=1S/C9H18N6OS/c1-6(4-16)5-17-9-12-7(14-10)11-8(13-9)15(2)3/h6,16H,4-5,10H2,1-3H3,(H,11,12,13,14). The number of hydrogen-bond donors (Lipinski definition) is 3. The van der Waals surface area contributed by atoms with Crippen molar-refractivity contribution in [2.45, 2.75) is 12.1 Å². The molecule has 0 saturated carbocycles. The molecule has 1 aromatic heterocycles. The van der Waals surface area contributed by atoms with Crippen molar-refractivity contribution in [1.82, 2.24) is 15.0 Å². The number of aliphatic hydroxyl groups is 1. The first-order valence-corrected chi connectivity index (χ1v) is 6.19. The van der Waals surface area contributed by atoms with Crippen molar-refractivity contribution in [3.8, 4) is 0 Å². The van der Waals surface area contributed by atoms with Gasteiger partial charge in [0.15, 0.2) is 5.16 Å². The minimum atomic E-state index is 0.153. The summed E-state index contributed by atoms with van der Waals surface area (Å²) in [7, 11) is 3.70. The van der Waals surface area contributed by atoms with E-state index in [0.717, 1.165) is 5.75 Å². The van der Waals surface area contributed by atoms with Crippen molar-refractivity contribution < 1.29 is 5.11 Å². The van der Waals surface area contributed by atoms with Crippen LogP contribution in [-0.4, -0.2) is 46.5 Å². The maximum atomic E-state index is 8.95. The summed E-state index contributed by atoms with van der Waals surface area (Å²) in [5.41, 5.74) is 2.41.